The summed E-state index contributed by atoms with van der Waals surface area (Å²) in [5.74, 6) is -0.765. The molecular formula is C16H15Cl2NO3S. The van der Waals surface area contributed by atoms with Crippen LogP contribution in [0.2, 0.25) is 10.0 Å². The topological polar surface area (TPSA) is 55.4 Å². The van der Waals surface area contributed by atoms with E-state index in [0.717, 1.165) is 10.4 Å². The lowest BCUT2D eigenvalue weighted by molar-refractivity contribution is -0.148. The van der Waals surface area contributed by atoms with E-state index >= 15 is 0 Å². The molecule has 0 spiro atoms. The highest BCUT2D eigenvalue weighted by Gasteiger charge is 2.09. The molecule has 1 amide bonds. The van der Waals surface area contributed by atoms with Gasteiger partial charge in [0.1, 0.15) is 0 Å². The van der Waals surface area contributed by atoms with Crippen molar-refractivity contribution in [3.63, 3.8) is 0 Å². The number of hydrogen-bond acceptors (Lipinski definition) is 4. The second kappa shape index (κ2) is 8.91. The monoisotopic (exact) mass is 371 g/mol. The number of ether oxygens (including phenoxy) is 1. The second-order valence-electron chi connectivity index (χ2n) is 4.75. The van der Waals surface area contributed by atoms with Gasteiger partial charge in [0.05, 0.1) is 6.42 Å². The third kappa shape index (κ3) is 6.22. The van der Waals surface area contributed by atoms with Gasteiger partial charge in [0, 0.05) is 21.5 Å². The fourth-order valence-corrected chi connectivity index (χ4v) is 2.99. The highest BCUT2D eigenvalue weighted by Crippen LogP contribution is 2.20. The van der Waals surface area contributed by atoms with Crippen LogP contribution in [-0.2, 0) is 27.3 Å². The molecule has 0 radical (unpaired) electrons. The third-order valence-electron chi connectivity index (χ3n) is 3.01. The molecule has 0 unspecified atom stereocenters. The quantitative estimate of drug-likeness (QED) is 0.752. The first-order valence-corrected chi connectivity index (χ1v) is 8.57. The van der Waals surface area contributed by atoms with Crippen molar-refractivity contribution in [2.75, 3.05) is 6.61 Å². The van der Waals surface area contributed by atoms with Gasteiger partial charge in [-0.05, 0) is 35.6 Å². The molecule has 4 nitrogen and oxygen atoms in total. The lowest BCUT2D eigenvalue weighted by atomic mass is 10.2. The molecule has 0 saturated heterocycles. The van der Waals surface area contributed by atoms with E-state index < -0.39 is 5.97 Å². The molecule has 0 bridgehead atoms. The van der Waals surface area contributed by atoms with Crippen LogP contribution in [0.25, 0.3) is 0 Å². The molecule has 0 aliphatic rings. The fraction of sp³-hybridized carbons (Fsp3) is 0.250. The molecule has 0 fully saturated rings. The van der Waals surface area contributed by atoms with Gasteiger partial charge < -0.3 is 10.1 Å². The Labute approximate surface area is 148 Å². The Morgan fingerprint density at radius 3 is 2.74 bits per heavy atom. The zero-order chi connectivity index (χ0) is 16.7. The number of amides is 1. The van der Waals surface area contributed by atoms with E-state index in [4.69, 9.17) is 27.9 Å². The molecule has 0 saturated carbocycles. The second-order valence-corrected chi connectivity index (χ2v) is 6.63. The molecule has 0 aliphatic carbocycles. The van der Waals surface area contributed by atoms with Crippen molar-refractivity contribution < 1.29 is 14.3 Å². The molecule has 23 heavy (non-hydrogen) atoms. The number of carbonyl (C=O) groups excluding carboxylic acids is 2. The van der Waals surface area contributed by atoms with Gasteiger partial charge in [-0.2, -0.15) is 0 Å². The number of carbonyl (C=O) groups is 2. The van der Waals surface area contributed by atoms with Gasteiger partial charge in [0.15, 0.2) is 6.61 Å². The normalized spacial score (nSPS) is 10.3. The Hall–Kier alpha value is -1.56. The summed E-state index contributed by atoms with van der Waals surface area (Å²) in [5.41, 5.74) is 0.744. The summed E-state index contributed by atoms with van der Waals surface area (Å²) >= 11 is 13.4. The lowest BCUT2D eigenvalue weighted by Gasteiger charge is -2.08. The number of halogens is 2. The summed E-state index contributed by atoms with van der Waals surface area (Å²) in [6.07, 6.45) is 0.884. The minimum absolute atomic E-state index is 0.252. The largest absolute Gasteiger partial charge is 0.456 e. The standard InChI is InChI=1S/C16H15Cl2NO3S/c17-12-4-3-11(14(18)8-12)9-19-15(20)10-22-16(21)6-5-13-2-1-7-23-13/h1-4,7-8H,5-6,9-10H2,(H,19,20). The van der Waals surface area contributed by atoms with Crippen LogP contribution in [0.1, 0.15) is 16.9 Å². The van der Waals surface area contributed by atoms with Crippen molar-refractivity contribution >= 4 is 46.4 Å². The van der Waals surface area contributed by atoms with Gasteiger partial charge in [-0.1, -0.05) is 35.3 Å². The maximum Gasteiger partial charge on any atom is 0.306 e. The Kier molecular flexibility index (Phi) is 6.89. The summed E-state index contributed by atoms with van der Waals surface area (Å²) < 4.78 is 4.94. The summed E-state index contributed by atoms with van der Waals surface area (Å²) in [6.45, 7) is -0.0456. The first-order valence-electron chi connectivity index (χ1n) is 6.93. The molecule has 0 atom stereocenters. The fourth-order valence-electron chi connectivity index (χ4n) is 1.81. The van der Waals surface area contributed by atoms with Crippen molar-refractivity contribution in [1.82, 2.24) is 5.32 Å². The van der Waals surface area contributed by atoms with Crippen molar-refractivity contribution in [1.29, 1.82) is 0 Å². The molecule has 2 rings (SSSR count). The van der Waals surface area contributed by atoms with Crippen molar-refractivity contribution in [3.8, 4) is 0 Å². The number of benzene rings is 1. The number of thiophene rings is 1. The minimum atomic E-state index is -0.391. The molecule has 0 aliphatic heterocycles. The number of esters is 1. The zero-order valence-corrected chi connectivity index (χ0v) is 14.5. The van der Waals surface area contributed by atoms with Crippen molar-refractivity contribution in [2.24, 2.45) is 0 Å². The summed E-state index contributed by atoms with van der Waals surface area (Å²) in [5, 5.41) is 5.61. The molecule has 1 N–H and O–H groups in total. The van der Waals surface area contributed by atoms with Crippen LogP contribution < -0.4 is 5.32 Å². The van der Waals surface area contributed by atoms with Gasteiger partial charge in [-0.3, -0.25) is 9.59 Å². The molecular weight excluding hydrogens is 357 g/mol. The number of aryl methyl sites for hydroxylation is 1. The highest BCUT2D eigenvalue weighted by atomic mass is 35.5. The van der Waals surface area contributed by atoms with E-state index in [1.165, 1.54) is 0 Å². The predicted octanol–water partition coefficient (Wildman–Crippen LogP) is 3.85. The highest BCUT2D eigenvalue weighted by molar-refractivity contribution is 7.09. The Morgan fingerprint density at radius 1 is 1.22 bits per heavy atom. The molecule has 2 aromatic rings. The lowest BCUT2D eigenvalue weighted by Crippen LogP contribution is -2.28. The van der Waals surface area contributed by atoms with E-state index in [2.05, 4.69) is 5.32 Å². The summed E-state index contributed by atoms with van der Waals surface area (Å²) in [7, 11) is 0. The first kappa shape index (κ1) is 17.8. The molecule has 122 valence electrons. The third-order valence-corrected chi connectivity index (χ3v) is 4.53. The maximum atomic E-state index is 11.7. The molecule has 1 heterocycles. The number of nitrogens with one attached hydrogen (secondary N) is 1. The van der Waals surface area contributed by atoms with Crippen LogP contribution in [0.4, 0.5) is 0 Å². The van der Waals surface area contributed by atoms with E-state index in [0.29, 0.717) is 16.5 Å². The van der Waals surface area contributed by atoms with Gasteiger partial charge >= 0.3 is 5.97 Å². The van der Waals surface area contributed by atoms with Crippen molar-refractivity contribution in [2.45, 2.75) is 19.4 Å². The van der Waals surface area contributed by atoms with E-state index in [-0.39, 0.29) is 25.5 Å². The number of rotatable bonds is 7. The van der Waals surface area contributed by atoms with Crippen molar-refractivity contribution in [3.05, 3.63) is 56.2 Å². The predicted molar refractivity (Wildman–Crippen MR) is 91.9 cm³/mol. The molecule has 1 aromatic carbocycles. The van der Waals surface area contributed by atoms with E-state index in [1.54, 1.807) is 29.5 Å². The number of hydrogen-bond donors (Lipinski definition) is 1. The van der Waals surface area contributed by atoms with Gasteiger partial charge in [-0.15, -0.1) is 11.3 Å². The van der Waals surface area contributed by atoms with E-state index in [1.807, 2.05) is 17.5 Å². The Bertz CT molecular complexity index is 674. The van der Waals surface area contributed by atoms with Crippen LogP contribution in [-0.4, -0.2) is 18.5 Å². The zero-order valence-electron chi connectivity index (χ0n) is 12.2. The van der Waals surface area contributed by atoms with Crippen LogP contribution in [0.15, 0.2) is 35.7 Å². The van der Waals surface area contributed by atoms with Crippen LogP contribution in [0.3, 0.4) is 0 Å². The average Bonchev–Trinajstić information content (AvgIpc) is 3.03. The van der Waals surface area contributed by atoms with Crippen LogP contribution in [0.5, 0.6) is 0 Å². The molecule has 1 aromatic heterocycles. The van der Waals surface area contributed by atoms with Gasteiger partial charge in [0.2, 0.25) is 0 Å². The molecule has 7 heteroatoms. The van der Waals surface area contributed by atoms with Gasteiger partial charge in [-0.25, -0.2) is 0 Å². The Balaban J connectivity index is 1.67. The van der Waals surface area contributed by atoms with E-state index in [9.17, 15) is 9.59 Å². The first-order chi connectivity index (χ1) is 11.0. The smallest absolute Gasteiger partial charge is 0.306 e. The van der Waals surface area contributed by atoms with Gasteiger partial charge in [0.25, 0.3) is 5.91 Å². The summed E-state index contributed by atoms with van der Waals surface area (Å²) in [4.78, 5) is 24.4. The maximum absolute atomic E-state index is 11.7. The minimum Gasteiger partial charge on any atom is -0.456 e. The summed E-state index contributed by atoms with van der Waals surface area (Å²) in [6, 6.07) is 8.92. The average molecular weight is 372 g/mol. The van der Waals surface area contributed by atoms with Crippen LogP contribution >= 0.6 is 34.5 Å². The van der Waals surface area contributed by atoms with Crippen LogP contribution in [0, 0.1) is 0 Å². The Morgan fingerprint density at radius 2 is 2.04 bits per heavy atom. The SMILES string of the molecule is O=C(COC(=O)CCc1cccs1)NCc1ccc(Cl)cc1Cl.